The lowest BCUT2D eigenvalue weighted by atomic mass is 10.0. The second-order valence-electron chi connectivity index (χ2n) is 7.30. The first-order valence-corrected chi connectivity index (χ1v) is 9.84. The highest BCUT2D eigenvalue weighted by molar-refractivity contribution is 6.00. The number of rotatable bonds is 5. The Balaban J connectivity index is 1.65. The summed E-state index contributed by atoms with van der Waals surface area (Å²) in [6.45, 7) is 2.37. The van der Waals surface area contributed by atoms with Gasteiger partial charge in [-0.1, -0.05) is 6.07 Å². The average Bonchev–Trinajstić information content (AvgIpc) is 2.73. The first-order valence-electron chi connectivity index (χ1n) is 9.84. The summed E-state index contributed by atoms with van der Waals surface area (Å²) in [5.74, 6) is 0.171. The Morgan fingerprint density at radius 3 is 2.66 bits per heavy atom. The van der Waals surface area contributed by atoms with Crippen LogP contribution in [0.15, 0.2) is 30.6 Å². The van der Waals surface area contributed by atoms with Crippen LogP contribution in [0.5, 0.6) is 5.75 Å². The number of urea groups is 1. The molecule has 172 valence electrons. The molecular formula is C20H22F3N5O4. The van der Waals surface area contributed by atoms with Crippen LogP contribution in [0.4, 0.5) is 34.3 Å². The summed E-state index contributed by atoms with van der Waals surface area (Å²) in [4.78, 5) is 31.9. The Bertz CT molecular complexity index is 969. The summed E-state index contributed by atoms with van der Waals surface area (Å²) >= 11 is 0. The monoisotopic (exact) mass is 453 g/mol. The Morgan fingerprint density at radius 2 is 2.00 bits per heavy atom. The van der Waals surface area contributed by atoms with E-state index < -0.39 is 24.0 Å². The van der Waals surface area contributed by atoms with Crippen LogP contribution in [-0.2, 0) is 6.18 Å². The molecule has 1 atom stereocenters. The summed E-state index contributed by atoms with van der Waals surface area (Å²) in [6.07, 6.45) is -1.93. The van der Waals surface area contributed by atoms with Crippen LogP contribution >= 0.6 is 0 Å². The lowest BCUT2D eigenvalue weighted by Crippen LogP contribution is -2.46. The minimum Gasteiger partial charge on any atom is -0.489 e. The van der Waals surface area contributed by atoms with Gasteiger partial charge in [0, 0.05) is 6.54 Å². The maximum Gasteiger partial charge on any atom is 0.434 e. The minimum atomic E-state index is -4.63. The number of nitrogens with zero attached hydrogens (tertiary/aromatic N) is 3. The third kappa shape index (κ3) is 5.99. The van der Waals surface area contributed by atoms with E-state index in [1.54, 1.807) is 18.2 Å². The highest BCUT2D eigenvalue weighted by Gasteiger charge is 2.32. The van der Waals surface area contributed by atoms with Crippen molar-refractivity contribution in [1.29, 1.82) is 0 Å². The van der Waals surface area contributed by atoms with Gasteiger partial charge >= 0.3 is 18.3 Å². The van der Waals surface area contributed by atoms with Crippen molar-refractivity contribution in [3.8, 4) is 5.75 Å². The number of likely N-dealkylation sites (tertiary alicyclic amines) is 1. The third-order valence-electron chi connectivity index (χ3n) is 4.87. The van der Waals surface area contributed by atoms with Crippen LogP contribution in [0.2, 0.25) is 0 Å². The minimum absolute atomic E-state index is 0.121. The lowest BCUT2D eigenvalue weighted by molar-refractivity contribution is -0.141. The van der Waals surface area contributed by atoms with E-state index in [4.69, 9.17) is 4.74 Å². The maximum atomic E-state index is 12.6. The number of aromatic nitrogens is 2. The van der Waals surface area contributed by atoms with Crippen LogP contribution in [0.1, 0.15) is 30.5 Å². The topological polar surface area (TPSA) is 117 Å². The quantitative estimate of drug-likeness (QED) is 0.620. The van der Waals surface area contributed by atoms with Crippen molar-refractivity contribution in [1.82, 2.24) is 14.9 Å². The van der Waals surface area contributed by atoms with Crippen molar-refractivity contribution in [2.75, 3.05) is 23.8 Å². The maximum absolute atomic E-state index is 12.6. The molecule has 3 amide bonds. The molecule has 3 N–H and O–H groups in total. The largest absolute Gasteiger partial charge is 0.489 e. The van der Waals surface area contributed by atoms with Crippen molar-refractivity contribution >= 4 is 23.6 Å². The van der Waals surface area contributed by atoms with E-state index in [2.05, 4.69) is 20.6 Å². The summed E-state index contributed by atoms with van der Waals surface area (Å²) in [7, 11) is 0. The van der Waals surface area contributed by atoms with Gasteiger partial charge in [0.05, 0.1) is 24.1 Å². The molecule has 0 bridgehead atoms. The van der Waals surface area contributed by atoms with E-state index in [1.165, 1.54) is 4.90 Å². The highest BCUT2D eigenvalue weighted by atomic mass is 19.4. The predicted molar refractivity (Wildman–Crippen MR) is 109 cm³/mol. The van der Waals surface area contributed by atoms with Crippen LogP contribution in [0.3, 0.4) is 0 Å². The van der Waals surface area contributed by atoms with Crippen molar-refractivity contribution in [2.45, 2.75) is 38.4 Å². The van der Waals surface area contributed by atoms with E-state index in [-0.39, 0.29) is 18.5 Å². The molecule has 9 nitrogen and oxygen atoms in total. The normalized spacial score (nSPS) is 16.4. The molecule has 1 aliphatic rings. The van der Waals surface area contributed by atoms with Crippen molar-refractivity contribution < 1.29 is 32.6 Å². The molecule has 1 fully saturated rings. The molecule has 2 aromatic rings. The number of amides is 3. The molecule has 0 spiro atoms. The van der Waals surface area contributed by atoms with Crippen LogP contribution in [0.25, 0.3) is 0 Å². The number of aryl methyl sites for hydroxylation is 1. The number of halogens is 3. The molecule has 0 radical (unpaired) electrons. The second-order valence-corrected chi connectivity index (χ2v) is 7.30. The number of piperidine rings is 1. The predicted octanol–water partition coefficient (Wildman–Crippen LogP) is 4.36. The Hall–Kier alpha value is -3.57. The van der Waals surface area contributed by atoms with Crippen LogP contribution in [0, 0.1) is 6.92 Å². The second kappa shape index (κ2) is 9.71. The fourth-order valence-corrected chi connectivity index (χ4v) is 3.29. The van der Waals surface area contributed by atoms with Gasteiger partial charge in [-0.05, 0) is 43.9 Å². The van der Waals surface area contributed by atoms with Crippen molar-refractivity contribution in [3.05, 3.63) is 41.9 Å². The molecule has 1 aromatic carbocycles. The van der Waals surface area contributed by atoms with Gasteiger partial charge in [0.15, 0.2) is 11.5 Å². The number of hydrogen-bond acceptors (Lipinski definition) is 5. The number of carbonyl (C=O) groups excluding carboxylic acids is 1. The summed E-state index contributed by atoms with van der Waals surface area (Å²) in [6, 6.07) is 4.03. The summed E-state index contributed by atoms with van der Waals surface area (Å²) in [5.41, 5.74) is -0.0252. The number of carbonyl (C=O) groups is 2. The molecular weight excluding hydrogens is 431 g/mol. The number of ether oxygens (including phenoxy) is 1. The zero-order chi connectivity index (χ0) is 23.3. The van der Waals surface area contributed by atoms with Gasteiger partial charge in [-0.3, -0.25) is 5.32 Å². The van der Waals surface area contributed by atoms with Gasteiger partial charge in [0.2, 0.25) is 0 Å². The Morgan fingerprint density at radius 1 is 1.22 bits per heavy atom. The standard InChI is InChI=1S/C20H22F3N5O4/c1-12-5-6-15(32-11-13-4-2-3-7-28(13)19(30)31)14(8-12)26-18(29)27-17-10-24-16(9-25-17)20(21,22)23/h5-6,8-10,13H,2-4,7,11H2,1H3,(H,30,31)(H2,25,26,27,29). The van der Waals surface area contributed by atoms with E-state index >= 15 is 0 Å². The fraction of sp³-hybridized carbons (Fsp3) is 0.400. The SMILES string of the molecule is Cc1ccc(OCC2CCCCN2C(=O)O)c(NC(=O)Nc2cnc(C(F)(F)F)cn2)c1. The van der Waals surface area contributed by atoms with Crippen molar-refractivity contribution in [3.63, 3.8) is 0 Å². The van der Waals surface area contributed by atoms with Gasteiger partial charge in [-0.25, -0.2) is 19.6 Å². The van der Waals surface area contributed by atoms with Gasteiger partial charge in [0.1, 0.15) is 12.4 Å². The van der Waals surface area contributed by atoms with E-state index in [0.717, 1.165) is 24.6 Å². The van der Waals surface area contributed by atoms with E-state index in [0.29, 0.717) is 30.6 Å². The number of anilines is 2. The molecule has 1 aromatic heterocycles. The third-order valence-corrected chi connectivity index (χ3v) is 4.87. The molecule has 12 heteroatoms. The van der Waals surface area contributed by atoms with Gasteiger partial charge in [-0.2, -0.15) is 13.2 Å². The van der Waals surface area contributed by atoms with E-state index in [1.807, 2.05) is 6.92 Å². The van der Waals surface area contributed by atoms with Crippen LogP contribution < -0.4 is 15.4 Å². The van der Waals surface area contributed by atoms with Gasteiger partial charge < -0.3 is 20.1 Å². The number of benzene rings is 1. The lowest BCUT2D eigenvalue weighted by Gasteiger charge is -2.33. The first-order chi connectivity index (χ1) is 15.1. The Labute approximate surface area is 181 Å². The highest BCUT2D eigenvalue weighted by Crippen LogP contribution is 2.28. The first kappa shape index (κ1) is 23.1. The van der Waals surface area contributed by atoms with Gasteiger partial charge in [0.25, 0.3) is 0 Å². The molecule has 1 aliphatic heterocycles. The zero-order valence-corrected chi connectivity index (χ0v) is 17.1. The molecule has 1 saturated heterocycles. The number of alkyl halides is 3. The number of nitrogens with one attached hydrogen (secondary N) is 2. The molecule has 3 rings (SSSR count). The molecule has 32 heavy (non-hydrogen) atoms. The molecule has 1 unspecified atom stereocenters. The van der Waals surface area contributed by atoms with Crippen LogP contribution in [-0.4, -0.2) is 51.3 Å². The number of carboxylic acid groups (broad SMARTS) is 1. The molecule has 2 heterocycles. The smallest absolute Gasteiger partial charge is 0.434 e. The van der Waals surface area contributed by atoms with E-state index in [9.17, 15) is 27.9 Å². The zero-order valence-electron chi connectivity index (χ0n) is 17.1. The fourth-order valence-electron chi connectivity index (χ4n) is 3.29. The Kier molecular flexibility index (Phi) is 7.01. The van der Waals surface area contributed by atoms with Gasteiger partial charge in [-0.15, -0.1) is 0 Å². The van der Waals surface area contributed by atoms with Crippen molar-refractivity contribution in [2.24, 2.45) is 0 Å². The molecule has 0 aliphatic carbocycles. The molecule has 0 saturated carbocycles. The average molecular weight is 453 g/mol. The summed E-state index contributed by atoms with van der Waals surface area (Å²) < 4.78 is 43.5. The summed E-state index contributed by atoms with van der Waals surface area (Å²) in [5, 5.41) is 14.2. The number of hydrogen-bond donors (Lipinski definition) is 3.